The van der Waals surface area contributed by atoms with E-state index in [-0.39, 0.29) is 12.0 Å². The highest BCUT2D eigenvalue weighted by Gasteiger charge is 2.37. The Morgan fingerprint density at radius 3 is 2.80 bits per heavy atom. The van der Waals surface area contributed by atoms with E-state index in [0.717, 1.165) is 44.8 Å². The molecule has 110 valence electrons. The van der Waals surface area contributed by atoms with Gasteiger partial charge in [-0.1, -0.05) is 0 Å². The van der Waals surface area contributed by atoms with Crippen LogP contribution in [0.4, 0.5) is 19.1 Å². The van der Waals surface area contributed by atoms with Gasteiger partial charge in [0.25, 0.3) is 0 Å². The van der Waals surface area contributed by atoms with Crippen molar-refractivity contribution in [3.05, 3.63) is 18.0 Å². The van der Waals surface area contributed by atoms with Crippen LogP contribution in [-0.4, -0.2) is 35.1 Å². The summed E-state index contributed by atoms with van der Waals surface area (Å²) in [6.07, 6.45) is 0.930. The summed E-state index contributed by atoms with van der Waals surface area (Å²) in [7, 11) is 0. The molecule has 2 unspecified atom stereocenters. The fourth-order valence-corrected chi connectivity index (χ4v) is 3.14. The lowest BCUT2D eigenvalue weighted by molar-refractivity contribution is -0.141. The molecule has 7 heteroatoms. The SMILES string of the molecule is FC(F)(F)c1ccnc(N2CCCC2C2CCCN2)n1. The summed E-state index contributed by atoms with van der Waals surface area (Å²) in [6.45, 7) is 1.71. The molecule has 2 atom stereocenters. The molecule has 0 bridgehead atoms. The van der Waals surface area contributed by atoms with Crippen molar-refractivity contribution in [2.75, 3.05) is 18.0 Å². The minimum atomic E-state index is -4.42. The molecule has 2 saturated heterocycles. The molecule has 1 N–H and O–H groups in total. The zero-order valence-electron chi connectivity index (χ0n) is 11.0. The zero-order valence-corrected chi connectivity index (χ0v) is 11.0. The molecule has 0 spiro atoms. The molecule has 0 amide bonds. The van der Waals surface area contributed by atoms with Gasteiger partial charge >= 0.3 is 6.18 Å². The fraction of sp³-hybridized carbons (Fsp3) is 0.692. The van der Waals surface area contributed by atoms with Gasteiger partial charge in [0.2, 0.25) is 5.95 Å². The van der Waals surface area contributed by atoms with E-state index in [1.165, 1.54) is 6.20 Å². The van der Waals surface area contributed by atoms with Crippen molar-refractivity contribution in [2.24, 2.45) is 0 Å². The summed E-state index contributed by atoms with van der Waals surface area (Å²) in [5, 5.41) is 3.42. The molecule has 0 radical (unpaired) electrons. The van der Waals surface area contributed by atoms with Gasteiger partial charge in [-0.25, -0.2) is 9.97 Å². The lowest BCUT2D eigenvalue weighted by atomic mass is 10.0. The van der Waals surface area contributed by atoms with Crippen LogP contribution < -0.4 is 10.2 Å². The second kappa shape index (κ2) is 5.20. The average molecular weight is 286 g/mol. The number of hydrogen-bond acceptors (Lipinski definition) is 4. The van der Waals surface area contributed by atoms with Crippen molar-refractivity contribution in [3.8, 4) is 0 Å². The second-order valence-corrected chi connectivity index (χ2v) is 5.35. The number of nitrogens with one attached hydrogen (secondary N) is 1. The number of alkyl halides is 3. The van der Waals surface area contributed by atoms with E-state index in [1.54, 1.807) is 0 Å². The van der Waals surface area contributed by atoms with Crippen molar-refractivity contribution in [1.82, 2.24) is 15.3 Å². The van der Waals surface area contributed by atoms with Gasteiger partial charge in [0, 0.05) is 24.8 Å². The maximum Gasteiger partial charge on any atom is 0.433 e. The van der Waals surface area contributed by atoms with Crippen LogP contribution in [0.1, 0.15) is 31.4 Å². The lowest BCUT2D eigenvalue weighted by Gasteiger charge is -2.29. The van der Waals surface area contributed by atoms with Crippen molar-refractivity contribution in [2.45, 2.75) is 43.9 Å². The molecule has 3 rings (SSSR count). The van der Waals surface area contributed by atoms with E-state index in [1.807, 2.05) is 4.90 Å². The number of nitrogens with zero attached hydrogens (tertiary/aromatic N) is 3. The second-order valence-electron chi connectivity index (χ2n) is 5.35. The molecular formula is C13H17F3N4. The van der Waals surface area contributed by atoms with Crippen molar-refractivity contribution < 1.29 is 13.2 Å². The minimum absolute atomic E-state index is 0.205. The molecule has 0 aliphatic carbocycles. The van der Waals surface area contributed by atoms with Crippen LogP contribution in [0.5, 0.6) is 0 Å². The Hall–Kier alpha value is -1.37. The summed E-state index contributed by atoms with van der Waals surface area (Å²) in [5.74, 6) is 0.205. The molecule has 0 aromatic carbocycles. The van der Waals surface area contributed by atoms with Gasteiger partial charge in [-0.05, 0) is 38.3 Å². The Kier molecular flexibility index (Phi) is 3.54. The quantitative estimate of drug-likeness (QED) is 0.905. The zero-order chi connectivity index (χ0) is 14.2. The van der Waals surface area contributed by atoms with Gasteiger partial charge in [-0.15, -0.1) is 0 Å². The van der Waals surface area contributed by atoms with Crippen molar-refractivity contribution in [1.29, 1.82) is 0 Å². The van der Waals surface area contributed by atoms with Crippen LogP contribution in [0.3, 0.4) is 0 Å². The van der Waals surface area contributed by atoms with Crippen LogP contribution in [0, 0.1) is 0 Å². The third-order valence-corrected chi connectivity index (χ3v) is 4.05. The Bertz CT molecular complexity index is 471. The maximum atomic E-state index is 12.7. The lowest BCUT2D eigenvalue weighted by Crippen LogP contribution is -2.44. The van der Waals surface area contributed by atoms with Crippen LogP contribution >= 0.6 is 0 Å². The third kappa shape index (κ3) is 2.59. The number of halogens is 3. The van der Waals surface area contributed by atoms with E-state index >= 15 is 0 Å². The van der Waals surface area contributed by atoms with Gasteiger partial charge in [-0.2, -0.15) is 13.2 Å². The number of rotatable bonds is 2. The summed E-state index contributed by atoms with van der Waals surface area (Å²) >= 11 is 0. The van der Waals surface area contributed by atoms with Gasteiger partial charge in [0.15, 0.2) is 0 Å². The maximum absolute atomic E-state index is 12.7. The Balaban J connectivity index is 1.84. The topological polar surface area (TPSA) is 41.1 Å². The van der Waals surface area contributed by atoms with E-state index < -0.39 is 11.9 Å². The van der Waals surface area contributed by atoms with Crippen molar-refractivity contribution >= 4 is 5.95 Å². The highest BCUT2D eigenvalue weighted by molar-refractivity contribution is 5.35. The first-order valence-electron chi connectivity index (χ1n) is 6.96. The van der Waals surface area contributed by atoms with Crippen LogP contribution in [-0.2, 0) is 6.18 Å². The van der Waals surface area contributed by atoms with E-state index in [2.05, 4.69) is 15.3 Å². The van der Waals surface area contributed by atoms with Gasteiger partial charge in [-0.3, -0.25) is 0 Å². The molecule has 2 aliphatic rings. The third-order valence-electron chi connectivity index (χ3n) is 4.05. The Morgan fingerprint density at radius 2 is 2.10 bits per heavy atom. The summed E-state index contributed by atoms with van der Waals surface area (Å²) < 4.78 is 38.2. The summed E-state index contributed by atoms with van der Waals surface area (Å²) in [5.41, 5.74) is -0.868. The smallest absolute Gasteiger partial charge is 0.336 e. The molecule has 0 saturated carbocycles. The Morgan fingerprint density at radius 1 is 1.25 bits per heavy atom. The highest BCUT2D eigenvalue weighted by Crippen LogP contribution is 2.31. The monoisotopic (exact) mass is 286 g/mol. The van der Waals surface area contributed by atoms with Gasteiger partial charge < -0.3 is 10.2 Å². The first kappa shape index (κ1) is 13.6. The normalized spacial score (nSPS) is 27.2. The van der Waals surface area contributed by atoms with E-state index in [4.69, 9.17) is 0 Å². The summed E-state index contributed by atoms with van der Waals surface area (Å²) in [6, 6.07) is 1.47. The highest BCUT2D eigenvalue weighted by atomic mass is 19.4. The first-order chi connectivity index (χ1) is 9.55. The Labute approximate surface area is 115 Å². The van der Waals surface area contributed by atoms with Crippen LogP contribution in [0.2, 0.25) is 0 Å². The van der Waals surface area contributed by atoms with Gasteiger partial charge in [0.05, 0.1) is 0 Å². The minimum Gasteiger partial charge on any atom is -0.336 e. The van der Waals surface area contributed by atoms with E-state index in [9.17, 15) is 13.2 Å². The van der Waals surface area contributed by atoms with E-state index in [0.29, 0.717) is 6.04 Å². The molecule has 1 aromatic rings. The molecule has 20 heavy (non-hydrogen) atoms. The summed E-state index contributed by atoms with van der Waals surface area (Å²) in [4.78, 5) is 9.68. The number of hydrogen-bond donors (Lipinski definition) is 1. The predicted molar refractivity (Wildman–Crippen MR) is 68.4 cm³/mol. The average Bonchev–Trinajstić information content (AvgIpc) is 3.08. The molecule has 1 aromatic heterocycles. The van der Waals surface area contributed by atoms with Crippen LogP contribution in [0.25, 0.3) is 0 Å². The molecular weight excluding hydrogens is 269 g/mol. The molecule has 2 fully saturated rings. The molecule has 3 heterocycles. The first-order valence-corrected chi connectivity index (χ1v) is 6.96. The number of anilines is 1. The van der Waals surface area contributed by atoms with Gasteiger partial charge in [0.1, 0.15) is 5.69 Å². The largest absolute Gasteiger partial charge is 0.433 e. The predicted octanol–water partition coefficient (Wildman–Crippen LogP) is 2.22. The van der Waals surface area contributed by atoms with Crippen molar-refractivity contribution in [3.63, 3.8) is 0 Å². The molecule has 2 aliphatic heterocycles. The molecule has 4 nitrogen and oxygen atoms in total. The van der Waals surface area contributed by atoms with Crippen LogP contribution in [0.15, 0.2) is 12.3 Å². The fourth-order valence-electron chi connectivity index (χ4n) is 3.14. The standard InChI is InChI=1S/C13H17F3N4/c14-13(15,16)11-5-7-18-12(19-11)20-8-2-4-10(20)9-3-1-6-17-9/h5,7,9-10,17H,1-4,6,8H2. The number of aromatic nitrogens is 2.